The molecule has 2 rings (SSSR count). The molecule has 0 radical (unpaired) electrons. The zero-order valence-corrected chi connectivity index (χ0v) is 11.7. The van der Waals surface area contributed by atoms with Gasteiger partial charge in [-0.15, -0.1) is 11.3 Å². The number of ether oxygens (including phenoxy) is 1. The monoisotopic (exact) mass is 282 g/mol. The molecule has 0 fully saturated rings. The third kappa shape index (κ3) is 3.22. The molecule has 0 amide bonds. The molecule has 1 aromatic carbocycles. The standard InChI is InChI=1S/C13H15ClN2OS/c1-2-9-5-11(3-4-12(9)14)17-7-10-8-18-13(6-15)16-10/h3-5,8H,2,6-7,15H2,1H3. The van der Waals surface area contributed by atoms with Gasteiger partial charge < -0.3 is 10.5 Å². The zero-order chi connectivity index (χ0) is 13.0. The molecule has 0 unspecified atom stereocenters. The molecule has 0 bridgehead atoms. The maximum atomic E-state index is 6.06. The number of hydrogen-bond acceptors (Lipinski definition) is 4. The number of nitrogens with zero attached hydrogens (tertiary/aromatic N) is 1. The minimum atomic E-state index is 0.460. The highest BCUT2D eigenvalue weighted by molar-refractivity contribution is 7.09. The number of aromatic nitrogens is 1. The number of rotatable bonds is 5. The SMILES string of the molecule is CCc1cc(OCc2csc(CN)n2)ccc1Cl. The van der Waals surface area contributed by atoms with Crippen LogP contribution in [0.15, 0.2) is 23.6 Å². The van der Waals surface area contributed by atoms with Gasteiger partial charge in [-0.3, -0.25) is 0 Å². The lowest BCUT2D eigenvalue weighted by Crippen LogP contribution is -1.99. The molecule has 0 saturated heterocycles. The lowest BCUT2D eigenvalue weighted by molar-refractivity contribution is 0.301. The second-order valence-corrected chi connectivity index (χ2v) is 5.18. The fraction of sp³-hybridized carbons (Fsp3) is 0.308. The molecule has 3 nitrogen and oxygen atoms in total. The fourth-order valence-corrected chi connectivity index (χ4v) is 2.49. The van der Waals surface area contributed by atoms with Crippen molar-refractivity contribution in [2.75, 3.05) is 0 Å². The Morgan fingerprint density at radius 3 is 2.94 bits per heavy atom. The number of thiazole rings is 1. The van der Waals surface area contributed by atoms with Crippen LogP contribution in [-0.2, 0) is 19.6 Å². The summed E-state index contributed by atoms with van der Waals surface area (Å²) in [4.78, 5) is 4.35. The predicted octanol–water partition coefficient (Wildman–Crippen LogP) is 3.40. The van der Waals surface area contributed by atoms with Gasteiger partial charge in [-0.2, -0.15) is 0 Å². The van der Waals surface area contributed by atoms with Gasteiger partial charge in [-0.05, 0) is 30.2 Å². The first-order chi connectivity index (χ1) is 8.72. The van der Waals surface area contributed by atoms with E-state index in [9.17, 15) is 0 Å². The first-order valence-electron chi connectivity index (χ1n) is 5.77. The maximum absolute atomic E-state index is 6.06. The van der Waals surface area contributed by atoms with E-state index in [1.54, 1.807) is 11.3 Å². The number of halogens is 1. The summed E-state index contributed by atoms with van der Waals surface area (Å²) in [6, 6.07) is 5.71. The van der Waals surface area contributed by atoms with Crippen LogP contribution in [0.1, 0.15) is 23.2 Å². The van der Waals surface area contributed by atoms with E-state index in [0.29, 0.717) is 13.2 Å². The molecule has 0 aliphatic carbocycles. The van der Waals surface area contributed by atoms with Gasteiger partial charge in [-0.25, -0.2) is 4.98 Å². The quantitative estimate of drug-likeness (QED) is 0.914. The van der Waals surface area contributed by atoms with E-state index >= 15 is 0 Å². The van der Waals surface area contributed by atoms with Gasteiger partial charge in [0.05, 0.1) is 5.69 Å². The van der Waals surface area contributed by atoms with E-state index in [0.717, 1.165) is 33.5 Å². The molecule has 2 N–H and O–H groups in total. The van der Waals surface area contributed by atoms with Crippen molar-refractivity contribution in [3.63, 3.8) is 0 Å². The zero-order valence-electron chi connectivity index (χ0n) is 10.1. The summed E-state index contributed by atoms with van der Waals surface area (Å²) in [5, 5.41) is 3.68. The lowest BCUT2D eigenvalue weighted by atomic mass is 10.1. The lowest BCUT2D eigenvalue weighted by Gasteiger charge is -2.07. The molecular formula is C13H15ClN2OS. The summed E-state index contributed by atoms with van der Waals surface area (Å²) >= 11 is 7.61. The van der Waals surface area contributed by atoms with Gasteiger partial charge in [0.2, 0.25) is 0 Å². The highest BCUT2D eigenvalue weighted by atomic mass is 35.5. The summed E-state index contributed by atoms with van der Waals surface area (Å²) < 4.78 is 5.69. The Bertz CT molecular complexity index is 527. The Morgan fingerprint density at radius 1 is 1.44 bits per heavy atom. The van der Waals surface area contributed by atoms with Crippen molar-refractivity contribution >= 4 is 22.9 Å². The number of nitrogens with two attached hydrogens (primary N) is 1. The van der Waals surface area contributed by atoms with Crippen LogP contribution in [0.3, 0.4) is 0 Å². The van der Waals surface area contributed by atoms with Crippen molar-refractivity contribution < 1.29 is 4.74 Å². The minimum Gasteiger partial charge on any atom is -0.487 e. The van der Waals surface area contributed by atoms with E-state index in [4.69, 9.17) is 22.1 Å². The van der Waals surface area contributed by atoms with Gasteiger partial charge in [0.1, 0.15) is 17.4 Å². The van der Waals surface area contributed by atoms with E-state index in [1.165, 1.54) is 0 Å². The van der Waals surface area contributed by atoms with Crippen molar-refractivity contribution in [1.82, 2.24) is 4.98 Å². The molecule has 96 valence electrons. The fourth-order valence-electron chi connectivity index (χ4n) is 1.58. The minimum absolute atomic E-state index is 0.460. The Balaban J connectivity index is 2.01. The van der Waals surface area contributed by atoms with Crippen LogP contribution >= 0.6 is 22.9 Å². The second-order valence-electron chi connectivity index (χ2n) is 3.83. The van der Waals surface area contributed by atoms with Crippen LogP contribution in [0.5, 0.6) is 5.75 Å². The first-order valence-corrected chi connectivity index (χ1v) is 7.03. The van der Waals surface area contributed by atoms with Crippen molar-refractivity contribution in [1.29, 1.82) is 0 Å². The Labute approximate surface area is 116 Å². The van der Waals surface area contributed by atoms with Crippen molar-refractivity contribution in [3.05, 3.63) is 44.9 Å². The van der Waals surface area contributed by atoms with E-state index in [-0.39, 0.29) is 0 Å². The third-order valence-corrected chi connectivity index (χ3v) is 3.85. The highest BCUT2D eigenvalue weighted by Gasteiger charge is 2.04. The van der Waals surface area contributed by atoms with Crippen LogP contribution in [-0.4, -0.2) is 4.98 Å². The van der Waals surface area contributed by atoms with Crippen LogP contribution in [0.2, 0.25) is 5.02 Å². The smallest absolute Gasteiger partial charge is 0.131 e. The molecule has 0 atom stereocenters. The maximum Gasteiger partial charge on any atom is 0.131 e. The van der Waals surface area contributed by atoms with Gasteiger partial charge >= 0.3 is 0 Å². The Morgan fingerprint density at radius 2 is 2.28 bits per heavy atom. The molecule has 1 aromatic heterocycles. The van der Waals surface area contributed by atoms with Crippen LogP contribution in [0.4, 0.5) is 0 Å². The number of aryl methyl sites for hydroxylation is 1. The van der Waals surface area contributed by atoms with Gasteiger partial charge in [0.25, 0.3) is 0 Å². The molecule has 2 aromatic rings. The second kappa shape index (κ2) is 6.18. The predicted molar refractivity (Wildman–Crippen MR) is 75.2 cm³/mol. The molecule has 0 spiro atoms. The largest absolute Gasteiger partial charge is 0.487 e. The van der Waals surface area contributed by atoms with Gasteiger partial charge in [0.15, 0.2) is 0 Å². The molecule has 0 saturated carbocycles. The Kier molecular flexibility index (Phi) is 4.58. The molecule has 1 heterocycles. The summed E-state index contributed by atoms with van der Waals surface area (Å²) in [6.07, 6.45) is 0.893. The highest BCUT2D eigenvalue weighted by Crippen LogP contribution is 2.23. The van der Waals surface area contributed by atoms with Gasteiger partial charge in [-0.1, -0.05) is 18.5 Å². The summed E-state index contributed by atoms with van der Waals surface area (Å²) in [7, 11) is 0. The molecule has 18 heavy (non-hydrogen) atoms. The Hall–Kier alpha value is -1.10. The van der Waals surface area contributed by atoms with Gasteiger partial charge in [0, 0.05) is 16.9 Å². The molecule has 0 aliphatic rings. The number of benzene rings is 1. The van der Waals surface area contributed by atoms with Crippen LogP contribution < -0.4 is 10.5 Å². The normalized spacial score (nSPS) is 10.6. The van der Waals surface area contributed by atoms with Crippen molar-refractivity contribution in [2.45, 2.75) is 26.5 Å². The molecule has 0 aliphatic heterocycles. The summed E-state index contributed by atoms with van der Waals surface area (Å²) in [5.41, 5.74) is 7.52. The van der Waals surface area contributed by atoms with Crippen molar-refractivity contribution in [2.24, 2.45) is 5.73 Å². The average molecular weight is 283 g/mol. The van der Waals surface area contributed by atoms with Crippen LogP contribution in [0.25, 0.3) is 0 Å². The third-order valence-electron chi connectivity index (χ3n) is 2.56. The van der Waals surface area contributed by atoms with E-state index < -0.39 is 0 Å². The topological polar surface area (TPSA) is 48.1 Å². The first kappa shape index (κ1) is 13.3. The molecular weight excluding hydrogens is 268 g/mol. The number of hydrogen-bond donors (Lipinski definition) is 1. The van der Waals surface area contributed by atoms with E-state index in [1.807, 2.05) is 23.6 Å². The van der Waals surface area contributed by atoms with Crippen molar-refractivity contribution in [3.8, 4) is 5.75 Å². The summed E-state index contributed by atoms with van der Waals surface area (Å²) in [5.74, 6) is 0.818. The average Bonchev–Trinajstić information content (AvgIpc) is 2.86. The summed E-state index contributed by atoms with van der Waals surface area (Å²) in [6.45, 7) is 3.01. The van der Waals surface area contributed by atoms with Crippen LogP contribution in [0, 0.1) is 0 Å². The molecule has 5 heteroatoms. The van der Waals surface area contributed by atoms with E-state index in [2.05, 4.69) is 11.9 Å².